The van der Waals surface area contributed by atoms with Crippen LogP contribution in [0.25, 0.3) is 0 Å². The molecule has 2 atom stereocenters. The number of nitrogens with two attached hydrogens (primary N) is 1. The quantitative estimate of drug-likeness (QED) is 0.862. The lowest BCUT2D eigenvalue weighted by Gasteiger charge is -2.25. The molecule has 17 heavy (non-hydrogen) atoms. The molecule has 4 heteroatoms. The number of hydrogen-bond donors (Lipinski definition) is 1. The summed E-state index contributed by atoms with van der Waals surface area (Å²) >= 11 is 0. The lowest BCUT2D eigenvalue weighted by atomic mass is 10.00. The molecule has 1 aromatic carbocycles. The van der Waals surface area contributed by atoms with Crippen LogP contribution in [0.3, 0.4) is 0 Å². The van der Waals surface area contributed by atoms with Crippen LogP contribution in [-0.4, -0.2) is 38.8 Å². The van der Waals surface area contributed by atoms with Crippen molar-refractivity contribution in [1.82, 2.24) is 4.90 Å². The molecule has 2 N–H and O–H groups in total. The fraction of sp³-hybridized carbons (Fsp3) is 0.538. The Balaban J connectivity index is 2.37. The van der Waals surface area contributed by atoms with E-state index in [0.717, 1.165) is 30.0 Å². The van der Waals surface area contributed by atoms with E-state index in [2.05, 4.69) is 11.9 Å². The van der Waals surface area contributed by atoms with Crippen LogP contribution < -0.4 is 15.2 Å². The van der Waals surface area contributed by atoms with Gasteiger partial charge in [0.1, 0.15) is 11.5 Å². The van der Waals surface area contributed by atoms with E-state index in [1.165, 1.54) is 0 Å². The lowest BCUT2D eigenvalue weighted by Crippen LogP contribution is -2.29. The average molecular weight is 236 g/mol. The van der Waals surface area contributed by atoms with Gasteiger partial charge in [-0.3, -0.25) is 4.90 Å². The fourth-order valence-electron chi connectivity index (χ4n) is 2.51. The van der Waals surface area contributed by atoms with Gasteiger partial charge in [-0.1, -0.05) is 6.07 Å². The summed E-state index contributed by atoms with van der Waals surface area (Å²) < 4.78 is 10.6. The molecule has 1 aliphatic rings. The topological polar surface area (TPSA) is 47.7 Å². The highest BCUT2D eigenvalue weighted by atomic mass is 16.5. The third-order valence-electron chi connectivity index (χ3n) is 3.45. The Labute approximate surface area is 102 Å². The molecule has 0 bridgehead atoms. The van der Waals surface area contributed by atoms with Crippen molar-refractivity contribution in [3.05, 3.63) is 23.8 Å². The molecule has 1 aliphatic heterocycles. The molecule has 94 valence electrons. The summed E-state index contributed by atoms with van der Waals surface area (Å²) in [6.45, 7) is 1.03. The summed E-state index contributed by atoms with van der Waals surface area (Å²) in [7, 11) is 5.43. The summed E-state index contributed by atoms with van der Waals surface area (Å²) in [5.41, 5.74) is 7.31. The lowest BCUT2D eigenvalue weighted by molar-refractivity contribution is 0.292. The number of likely N-dealkylation sites (N-methyl/N-ethyl adjacent to an activating group) is 1. The number of benzene rings is 1. The van der Waals surface area contributed by atoms with Crippen LogP contribution in [0.5, 0.6) is 11.5 Å². The molecule has 1 aromatic rings. The number of rotatable bonds is 3. The van der Waals surface area contributed by atoms with Crippen LogP contribution in [0.15, 0.2) is 18.2 Å². The first-order valence-corrected chi connectivity index (χ1v) is 5.85. The molecule has 2 unspecified atom stereocenters. The number of nitrogens with zero attached hydrogens (tertiary/aromatic N) is 1. The molecule has 0 aliphatic carbocycles. The average Bonchev–Trinajstić information content (AvgIpc) is 2.68. The molecule has 0 spiro atoms. The van der Waals surface area contributed by atoms with Crippen molar-refractivity contribution in [1.29, 1.82) is 0 Å². The number of methoxy groups -OCH3 is 2. The number of likely N-dealkylation sites (tertiary alicyclic amines) is 1. The van der Waals surface area contributed by atoms with Gasteiger partial charge in [0, 0.05) is 24.2 Å². The van der Waals surface area contributed by atoms with Crippen LogP contribution in [0.1, 0.15) is 18.0 Å². The van der Waals surface area contributed by atoms with E-state index >= 15 is 0 Å². The van der Waals surface area contributed by atoms with E-state index in [9.17, 15) is 0 Å². The molecule has 1 fully saturated rings. The van der Waals surface area contributed by atoms with Crippen LogP contribution in [0.4, 0.5) is 0 Å². The molecule has 1 saturated heterocycles. The van der Waals surface area contributed by atoms with Crippen LogP contribution in [0, 0.1) is 0 Å². The van der Waals surface area contributed by atoms with Gasteiger partial charge < -0.3 is 15.2 Å². The van der Waals surface area contributed by atoms with Crippen molar-refractivity contribution in [2.75, 3.05) is 27.8 Å². The smallest absolute Gasteiger partial charge is 0.127 e. The van der Waals surface area contributed by atoms with E-state index in [1.807, 2.05) is 18.2 Å². The van der Waals surface area contributed by atoms with Gasteiger partial charge in [0.15, 0.2) is 0 Å². The normalized spacial score (nSPS) is 24.9. The van der Waals surface area contributed by atoms with E-state index in [-0.39, 0.29) is 12.1 Å². The SMILES string of the molecule is COc1ccc(C2C(N)CCN2C)c(OC)c1. The Morgan fingerprint density at radius 3 is 2.59 bits per heavy atom. The molecule has 1 heterocycles. The summed E-state index contributed by atoms with van der Waals surface area (Å²) in [6.07, 6.45) is 1.02. The first kappa shape index (κ1) is 12.2. The van der Waals surface area contributed by atoms with Crippen LogP contribution in [-0.2, 0) is 0 Å². The molecule has 2 rings (SSSR count). The van der Waals surface area contributed by atoms with E-state index in [0.29, 0.717) is 0 Å². The minimum absolute atomic E-state index is 0.169. The van der Waals surface area contributed by atoms with Crippen LogP contribution in [0.2, 0.25) is 0 Å². The molecule has 0 aromatic heterocycles. The molecule has 0 amide bonds. The maximum Gasteiger partial charge on any atom is 0.127 e. The van der Waals surface area contributed by atoms with E-state index < -0.39 is 0 Å². The Morgan fingerprint density at radius 1 is 1.29 bits per heavy atom. The number of hydrogen-bond acceptors (Lipinski definition) is 4. The molecule has 0 saturated carbocycles. The Hall–Kier alpha value is -1.26. The monoisotopic (exact) mass is 236 g/mol. The molecule has 4 nitrogen and oxygen atoms in total. The van der Waals surface area contributed by atoms with Gasteiger partial charge in [-0.25, -0.2) is 0 Å². The van der Waals surface area contributed by atoms with Crippen molar-refractivity contribution in [2.24, 2.45) is 5.73 Å². The first-order chi connectivity index (χ1) is 8.17. The molecular formula is C13H20N2O2. The zero-order valence-corrected chi connectivity index (χ0v) is 10.6. The largest absolute Gasteiger partial charge is 0.497 e. The summed E-state index contributed by atoms with van der Waals surface area (Å²) in [5.74, 6) is 1.65. The molecular weight excluding hydrogens is 216 g/mol. The van der Waals surface area contributed by atoms with Gasteiger partial charge in [0.05, 0.1) is 20.3 Å². The highest BCUT2D eigenvalue weighted by Gasteiger charge is 2.32. The van der Waals surface area contributed by atoms with Gasteiger partial charge in [-0.15, -0.1) is 0 Å². The van der Waals surface area contributed by atoms with Crippen molar-refractivity contribution in [2.45, 2.75) is 18.5 Å². The highest BCUT2D eigenvalue weighted by molar-refractivity contribution is 5.43. The predicted molar refractivity (Wildman–Crippen MR) is 67.5 cm³/mol. The van der Waals surface area contributed by atoms with Gasteiger partial charge in [0.25, 0.3) is 0 Å². The van der Waals surface area contributed by atoms with Crippen molar-refractivity contribution < 1.29 is 9.47 Å². The number of ether oxygens (including phenoxy) is 2. The summed E-state index contributed by atoms with van der Waals surface area (Å²) in [5, 5.41) is 0. The minimum atomic E-state index is 0.169. The zero-order chi connectivity index (χ0) is 12.4. The van der Waals surface area contributed by atoms with Gasteiger partial charge in [0.2, 0.25) is 0 Å². The van der Waals surface area contributed by atoms with E-state index in [1.54, 1.807) is 14.2 Å². The summed E-state index contributed by atoms with van der Waals surface area (Å²) in [6, 6.07) is 6.31. The second-order valence-corrected chi connectivity index (χ2v) is 4.49. The van der Waals surface area contributed by atoms with Gasteiger partial charge >= 0.3 is 0 Å². The minimum Gasteiger partial charge on any atom is -0.497 e. The summed E-state index contributed by atoms with van der Waals surface area (Å²) in [4.78, 5) is 2.27. The van der Waals surface area contributed by atoms with Crippen LogP contribution >= 0.6 is 0 Å². The maximum absolute atomic E-state index is 6.17. The highest BCUT2D eigenvalue weighted by Crippen LogP contribution is 2.37. The second kappa shape index (κ2) is 4.94. The Morgan fingerprint density at radius 2 is 2.06 bits per heavy atom. The van der Waals surface area contributed by atoms with E-state index in [4.69, 9.17) is 15.2 Å². The standard InChI is InChI=1S/C13H20N2O2/c1-15-7-6-11(14)13(15)10-5-4-9(16-2)8-12(10)17-3/h4-5,8,11,13H,6-7,14H2,1-3H3. The van der Waals surface area contributed by atoms with Gasteiger partial charge in [-0.05, 0) is 19.5 Å². The fourth-order valence-corrected chi connectivity index (χ4v) is 2.51. The first-order valence-electron chi connectivity index (χ1n) is 5.85. The second-order valence-electron chi connectivity index (χ2n) is 4.49. The Bertz CT molecular complexity index is 385. The maximum atomic E-state index is 6.17. The van der Waals surface area contributed by atoms with Crippen molar-refractivity contribution in [3.63, 3.8) is 0 Å². The third kappa shape index (κ3) is 2.23. The Kier molecular flexibility index (Phi) is 3.54. The predicted octanol–water partition coefficient (Wildman–Crippen LogP) is 1.41. The van der Waals surface area contributed by atoms with Gasteiger partial charge in [-0.2, -0.15) is 0 Å². The van der Waals surface area contributed by atoms with Crippen molar-refractivity contribution in [3.8, 4) is 11.5 Å². The third-order valence-corrected chi connectivity index (χ3v) is 3.45. The van der Waals surface area contributed by atoms with Crippen molar-refractivity contribution >= 4 is 0 Å². The zero-order valence-electron chi connectivity index (χ0n) is 10.6. The molecule has 0 radical (unpaired) electrons.